The third-order valence-electron chi connectivity index (χ3n) is 3.64. The van der Waals surface area contributed by atoms with Crippen LogP contribution in [0.5, 0.6) is 11.5 Å². The first-order chi connectivity index (χ1) is 13.5. The van der Waals surface area contributed by atoms with Gasteiger partial charge in [0.25, 0.3) is 5.69 Å². The highest BCUT2D eigenvalue weighted by Crippen LogP contribution is 2.34. The number of anilines is 1. The quantitative estimate of drug-likeness (QED) is 0.360. The van der Waals surface area contributed by atoms with E-state index in [2.05, 4.69) is 10.5 Å². The maximum Gasteiger partial charge on any atom is 0.318 e. The number of para-hydroxylation sites is 1. The smallest absolute Gasteiger partial charge is 0.318 e. The number of nitrogens with one attached hydrogen (secondary N) is 1. The van der Waals surface area contributed by atoms with Crippen LogP contribution in [0.15, 0.2) is 77.9 Å². The fourth-order valence-electron chi connectivity index (χ4n) is 2.29. The zero-order valence-corrected chi connectivity index (χ0v) is 14.4. The molecule has 0 aromatic heterocycles. The first-order valence-corrected chi connectivity index (χ1v) is 8.08. The van der Waals surface area contributed by atoms with Crippen molar-refractivity contribution in [3.63, 3.8) is 0 Å². The van der Waals surface area contributed by atoms with Crippen molar-refractivity contribution in [1.82, 2.24) is 0 Å². The number of nitro groups is 2. The second-order valence-electron chi connectivity index (χ2n) is 5.57. The molecule has 140 valence electrons. The molecule has 0 saturated carbocycles. The maximum absolute atomic E-state index is 11.2. The molecule has 28 heavy (non-hydrogen) atoms. The highest BCUT2D eigenvalue weighted by atomic mass is 16.6. The number of nitrogens with zero attached hydrogens (tertiary/aromatic N) is 3. The SMILES string of the molecule is O=[N+]([O-])c1ccc(Oc2ccc(/C=N\Nc3ccccc3)cc2)c([N+](=O)[O-])c1. The minimum atomic E-state index is -0.724. The highest BCUT2D eigenvalue weighted by Gasteiger charge is 2.21. The van der Waals surface area contributed by atoms with Crippen molar-refractivity contribution >= 4 is 23.3 Å². The second-order valence-corrected chi connectivity index (χ2v) is 5.57. The predicted molar refractivity (Wildman–Crippen MR) is 104 cm³/mol. The molecule has 0 unspecified atom stereocenters. The van der Waals surface area contributed by atoms with Crippen LogP contribution < -0.4 is 10.2 Å². The molecular formula is C19H14N4O5. The van der Waals surface area contributed by atoms with E-state index in [4.69, 9.17) is 4.74 Å². The van der Waals surface area contributed by atoms with Gasteiger partial charge >= 0.3 is 5.69 Å². The predicted octanol–water partition coefficient (Wildman–Crippen LogP) is 4.74. The average molecular weight is 378 g/mol. The number of nitro benzene ring substituents is 2. The van der Waals surface area contributed by atoms with E-state index in [9.17, 15) is 20.2 Å². The molecule has 9 nitrogen and oxygen atoms in total. The van der Waals surface area contributed by atoms with Gasteiger partial charge in [-0.3, -0.25) is 25.7 Å². The summed E-state index contributed by atoms with van der Waals surface area (Å²) in [7, 11) is 0. The van der Waals surface area contributed by atoms with Crippen molar-refractivity contribution in [3.8, 4) is 11.5 Å². The summed E-state index contributed by atoms with van der Waals surface area (Å²) in [6.07, 6.45) is 1.62. The average Bonchev–Trinajstić information content (AvgIpc) is 2.70. The Hall–Kier alpha value is -4.27. The van der Waals surface area contributed by atoms with E-state index in [0.29, 0.717) is 5.75 Å². The number of hydrogen-bond acceptors (Lipinski definition) is 7. The van der Waals surface area contributed by atoms with Gasteiger partial charge in [-0.25, -0.2) is 0 Å². The molecule has 0 atom stereocenters. The Morgan fingerprint density at radius 3 is 2.25 bits per heavy atom. The van der Waals surface area contributed by atoms with E-state index < -0.39 is 15.5 Å². The number of hydrazone groups is 1. The van der Waals surface area contributed by atoms with Crippen LogP contribution in [0.1, 0.15) is 5.56 Å². The third-order valence-corrected chi connectivity index (χ3v) is 3.64. The topological polar surface area (TPSA) is 120 Å². The first-order valence-electron chi connectivity index (χ1n) is 8.08. The number of hydrogen-bond donors (Lipinski definition) is 1. The summed E-state index contributed by atoms with van der Waals surface area (Å²) in [5.74, 6) is 0.271. The fraction of sp³-hybridized carbons (Fsp3) is 0. The molecule has 0 bridgehead atoms. The molecule has 9 heteroatoms. The zero-order chi connectivity index (χ0) is 19.9. The molecule has 0 heterocycles. The Morgan fingerprint density at radius 2 is 1.61 bits per heavy atom. The van der Waals surface area contributed by atoms with Gasteiger partial charge in [-0.2, -0.15) is 5.10 Å². The third kappa shape index (κ3) is 4.67. The van der Waals surface area contributed by atoms with Crippen LogP contribution in [0.25, 0.3) is 0 Å². The van der Waals surface area contributed by atoms with Crippen molar-refractivity contribution in [1.29, 1.82) is 0 Å². The maximum atomic E-state index is 11.2. The molecule has 0 spiro atoms. The summed E-state index contributed by atoms with van der Waals surface area (Å²) in [4.78, 5) is 20.5. The van der Waals surface area contributed by atoms with Gasteiger partial charge < -0.3 is 4.74 Å². The summed E-state index contributed by atoms with van der Waals surface area (Å²) < 4.78 is 5.51. The normalized spacial score (nSPS) is 10.6. The van der Waals surface area contributed by atoms with Gasteiger partial charge in [0.05, 0.1) is 27.8 Å². The summed E-state index contributed by atoms with van der Waals surface area (Å²) in [6.45, 7) is 0. The largest absolute Gasteiger partial charge is 0.450 e. The Balaban J connectivity index is 1.70. The van der Waals surface area contributed by atoms with Crippen LogP contribution in [-0.4, -0.2) is 16.1 Å². The molecular weight excluding hydrogens is 364 g/mol. The standard InChI is InChI=1S/C19H14N4O5/c24-22(25)16-8-11-19(18(12-16)23(26)27)28-17-9-6-14(7-10-17)13-20-21-15-4-2-1-3-5-15/h1-13,21H/b20-13-. The Bertz CT molecular complexity index is 1020. The summed E-state index contributed by atoms with van der Waals surface area (Å²) in [5, 5.41) is 26.1. The molecule has 0 radical (unpaired) electrons. The zero-order valence-electron chi connectivity index (χ0n) is 14.4. The molecule has 0 aliphatic heterocycles. The lowest BCUT2D eigenvalue weighted by atomic mass is 10.2. The molecule has 0 saturated heterocycles. The molecule has 3 aromatic carbocycles. The van der Waals surface area contributed by atoms with Crippen LogP contribution in [0.4, 0.5) is 17.1 Å². The lowest BCUT2D eigenvalue weighted by molar-refractivity contribution is -0.394. The van der Waals surface area contributed by atoms with E-state index in [-0.39, 0.29) is 11.4 Å². The van der Waals surface area contributed by atoms with Crippen molar-refractivity contribution in [2.75, 3.05) is 5.43 Å². The lowest BCUT2D eigenvalue weighted by Crippen LogP contribution is -1.96. The number of rotatable bonds is 7. The van der Waals surface area contributed by atoms with Crippen molar-refractivity contribution in [2.45, 2.75) is 0 Å². The fourth-order valence-corrected chi connectivity index (χ4v) is 2.29. The molecule has 0 amide bonds. The van der Waals surface area contributed by atoms with E-state index in [1.54, 1.807) is 30.5 Å². The van der Waals surface area contributed by atoms with Gasteiger partial charge in [-0.05, 0) is 48.0 Å². The molecule has 1 N–H and O–H groups in total. The van der Waals surface area contributed by atoms with Crippen molar-refractivity contribution < 1.29 is 14.6 Å². The van der Waals surface area contributed by atoms with E-state index >= 15 is 0 Å². The van der Waals surface area contributed by atoms with E-state index in [1.165, 1.54) is 6.07 Å². The van der Waals surface area contributed by atoms with Gasteiger partial charge in [-0.15, -0.1) is 0 Å². The van der Waals surface area contributed by atoms with Crippen molar-refractivity contribution in [2.24, 2.45) is 5.10 Å². The van der Waals surface area contributed by atoms with E-state index in [0.717, 1.165) is 23.4 Å². The van der Waals surface area contributed by atoms with Crippen LogP contribution in [0, 0.1) is 20.2 Å². The Labute approximate surface area is 159 Å². The summed E-state index contributed by atoms with van der Waals surface area (Å²) in [5.41, 5.74) is 3.67. The van der Waals surface area contributed by atoms with Crippen molar-refractivity contribution in [3.05, 3.63) is 98.6 Å². The Kier molecular flexibility index (Phi) is 5.56. The van der Waals surface area contributed by atoms with Crippen LogP contribution in [0.2, 0.25) is 0 Å². The molecule has 3 aromatic rings. The lowest BCUT2D eigenvalue weighted by Gasteiger charge is -2.06. The highest BCUT2D eigenvalue weighted by molar-refractivity contribution is 5.80. The summed E-state index contributed by atoms with van der Waals surface area (Å²) >= 11 is 0. The first kappa shape index (κ1) is 18.5. The minimum Gasteiger partial charge on any atom is -0.450 e. The molecule has 0 aliphatic carbocycles. The number of benzene rings is 3. The molecule has 0 fully saturated rings. The minimum absolute atomic E-state index is 0.0808. The number of ether oxygens (including phenoxy) is 1. The number of non-ortho nitro benzene ring substituents is 1. The molecule has 3 rings (SSSR count). The summed E-state index contributed by atoms with van der Waals surface area (Å²) in [6, 6.07) is 19.4. The second kappa shape index (κ2) is 8.41. The van der Waals surface area contributed by atoms with Gasteiger partial charge in [0.1, 0.15) is 5.75 Å². The van der Waals surface area contributed by atoms with Crippen LogP contribution >= 0.6 is 0 Å². The van der Waals surface area contributed by atoms with Crippen LogP contribution in [-0.2, 0) is 0 Å². The van der Waals surface area contributed by atoms with E-state index in [1.807, 2.05) is 30.3 Å². The monoisotopic (exact) mass is 378 g/mol. The van der Waals surface area contributed by atoms with Gasteiger partial charge in [0, 0.05) is 6.07 Å². The van der Waals surface area contributed by atoms with Gasteiger partial charge in [0.15, 0.2) is 0 Å². The van der Waals surface area contributed by atoms with Crippen LogP contribution in [0.3, 0.4) is 0 Å². The van der Waals surface area contributed by atoms with Gasteiger partial charge in [-0.1, -0.05) is 18.2 Å². The van der Waals surface area contributed by atoms with Gasteiger partial charge in [0.2, 0.25) is 5.75 Å². The Morgan fingerprint density at radius 1 is 0.893 bits per heavy atom. The molecule has 0 aliphatic rings.